The van der Waals surface area contributed by atoms with Gasteiger partial charge in [0.1, 0.15) is 0 Å². The van der Waals surface area contributed by atoms with Crippen LogP contribution in [0.25, 0.3) is 16.5 Å². The molecule has 0 radical (unpaired) electrons. The predicted octanol–water partition coefficient (Wildman–Crippen LogP) is 3.95. The minimum absolute atomic E-state index is 0.00198. The van der Waals surface area contributed by atoms with Gasteiger partial charge in [-0.2, -0.15) is 9.78 Å². The van der Waals surface area contributed by atoms with Gasteiger partial charge in [-0.1, -0.05) is 60.7 Å². The molecule has 2 aliphatic rings. The Labute approximate surface area is 273 Å². The SMILES string of the molecule is C[C@H]1[C@H]([Si](C)(C)O)[C@@H](CCn2cc(CCO)nn2)O[C@]12C(=O)N(Cc1cccc(-n3ncc4ccccc4c3=O)c1)c1ccccc12. The smallest absolute Gasteiger partial charge is 0.279 e. The number of para-hydroxylation sites is 1. The lowest BCUT2D eigenvalue weighted by Crippen LogP contribution is -2.46. The van der Waals surface area contributed by atoms with Crippen LogP contribution in [0.3, 0.4) is 0 Å². The molecule has 1 fully saturated rings. The number of nitrogens with zero attached hydrogens (tertiary/aromatic N) is 6. The number of aliphatic hydroxyl groups excluding tert-OH is 1. The van der Waals surface area contributed by atoms with Gasteiger partial charge in [0.15, 0.2) is 13.9 Å². The molecular weight excluding hydrogens is 613 g/mol. The van der Waals surface area contributed by atoms with Crippen LogP contribution in [0.5, 0.6) is 0 Å². The van der Waals surface area contributed by atoms with Gasteiger partial charge in [0, 0.05) is 48.2 Å². The fourth-order valence-corrected chi connectivity index (χ4v) is 10.2. The van der Waals surface area contributed by atoms with Gasteiger partial charge in [-0.15, -0.1) is 5.10 Å². The summed E-state index contributed by atoms with van der Waals surface area (Å²) < 4.78 is 10.0. The van der Waals surface area contributed by atoms with E-state index in [4.69, 9.17) is 4.74 Å². The van der Waals surface area contributed by atoms with Gasteiger partial charge >= 0.3 is 0 Å². The van der Waals surface area contributed by atoms with Crippen molar-refractivity contribution < 1.29 is 19.4 Å². The highest BCUT2D eigenvalue weighted by atomic mass is 28.4. The summed E-state index contributed by atoms with van der Waals surface area (Å²) in [5.74, 6) is -0.445. The number of aryl methyl sites for hydroxylation is 1. The maximum atomic E-state index is 14.7. The molecule has 1 amide bonds. The molecule has 1 saturated heterocycles. The van der Waals surface area contributed by atoms with Gasteiger partial charge in [0.2, 0.25) is 0 Å². The predicted molar refractivity (Wildman–Crippen MR) is 180 cm³/mol. The van der Waals surface area contributed by atoms with Crippen molar-refractivity contribution in [3.8, 4) is 5.69 Å². The Morgan fingerprint density at radius 2 is 1.81 bits per heavy atom. The number of benzene rings is 3. The second kappa shape index (κ2) is 11.9. The quantitative estimate of drug-likeness (QED) is 0.229. The zero-order valence-corrected chi connectivity index (χ0v) is 27.7. The van der Waals surface area contributed by atoms with Crippen LogP contribution in [0.15, 0.2) is 90.0 Å². The molecule has 2 aliphatic heterocycles. The van der Waals surface area contributed by atoms with E-state index < -0.39 is 13.9 Å². The number of rotatable bonds is 9. The molecule has 4 atom stereocenters. The molecule has 11 nitrogen and oxygen atoms in total. The fraction of sp³-hybridized carbons (Fsp3) is 0.343. The Morgan fingerprint density at radius 3 is 2.62 bits per heavy atom. The normalized spacial score (nSPS) is 22.4. The van der Waals surface area contributed by atoms with Crippen LogP contribution in [0.4, 0.5) is 5.69 Å². The Kier molecular flexibility index (Phi) is 7.91. The molecule has 47 heavy (non-hydrogen) atoms. The average Bonchev–Trinajstić information content (AvgIpc) is 3.70. The standard InChI is InChI=1S/C35H38N6O5Si/c1-23-32(47(2,3)45)31(15-17-39-22-26(16-18-42)37-38-39)46-35(23)29-13-6-7-14-30(29)40(34(35)44)21-24-9-8-11-27(19-24)41-33(43)28-12-5-4-10-25(28)20-36-41/h4-14,19-20,22-23,31-32,42,45H,15-18,21H2,1-3H3/t23-,31+,32-,35+/m0/s1. The van der Waals surface area contributed by atoms with E-state index in [1.54, 1.807) is 21.8 Å². The summed E-state index contributed by atoms with van der Waals surface area (Å²) in [6.45, 7) is 6.62. The molecule has 0 bridgehead atoms. The lowest BCUT2D eigenvalue weighted by atomic mass is 9.82. The van der Waals surface area contributed by atoms with Gasteiger partial charge in [0.05, 0.1) is 41.3 Å². The largest absolute Gasteiger partial charge is 0.432 e. The van der Waals surface area contributed by atoms with Crippen LogP contribution in [0.2, 0.25) is 18.6 Å². The first-order chi connectivity index (χ1) is 22.6. The maximum absolute atomic E-state index is 14.7. The second-order valence-corrected chi connectivity index (χ2v) is 17.1. The molecular formula is C35H38N6O5Si. The van der Waals surface area contributed by atoms with Crippen molar-refractivity contribution in [2.75, 3.05) is 11.5 Å². The van der Waals surface area contributed by atoms with E-state index in [0.29, 0.717) is 36.2 Å². The summed E-state index contributed by atoms with van der Waals surface area (Å²) in [5, 5.41) is 23.4. The summed E-state index contributed by atoms with van der Waals surface area (Å²) in [7, 11) is -2.82. The number of fused-ring (bicyclic) bond motifs is 3. The summed E-state index contributed by atoms with van der Waals surface area (Å²) in [4.78, 5) is 41.4. The molecule has 3 aromatic carbocycles. The van der Waals surface area contributed by atoms with Gasteiger partial charge < -0.3 is 19.5 Å². The first-order valence-corrected chi connectivity index (χ1v) is 19.0. The zero-order chi connectivity index (χ0) is 32.9. The van der Waals surface area contributed by atoms with Crippen LogP contribution in [0.1, 0.15) is 30.2 Å². The molecule has 0 unspecified atom stereocenters. The highest BCUT2D eigenvalue weighted by Crippen LogP contribution is 2.59. The van der Waals surface area contributed by atoms with Crippen LogP contribution < -0.4 is 10.5 Å². The number of carbonyl (C=O) groups excluding carboxylic acids is 1. The third-order valence-electron chi connectivity index (χ3n) is 9.68. The topological polar surface area (TPSA) is 136 Å². The summed E-state index contributed by atoms with van der Waals surface area (Å²) >= 11 is 0. The van der Waals surface area contributed by atoms with Gasteiger partial charge in [-0.05, 0) is 49.3 Å². The Morgan fingerprint density at radius 1 is 1.02 bits per heavy atom. The van der Waals surface area contributed by atoms with Crippen molar-refractivity contribution in [3.05, 3.63) is 112 Å². The number of hydrogen-bond donors (Lipinski definition) is 2. The minimum atomic E-state index is -2.82. The summed E-state index contributed by atoms with van der Waals surface area (Å²) in [5.41, 5.74) is 2.06. The van der Waals surface area contributed by atoms with Crippen molar-refractivity contribution in [3.63, 3.8) is 0 Å². The molecule has 4 heterocycles. The number of aliphatic hydroxyl groups is 1. The van der Waals surface area contributed by atoms with E-state index in [-0.39, 0.29) is 42.2 Å². The Hall–Kier alpha value is -4.49. The van der Waals surface area contributed by atoms with E-state index in [1.165, 1.54) is 4.68 Å². The highest BCUT2D eigenvalue weighted by molar-refractivity contribution is 6.71. The van der Waals surface area contributed by atoms with E-state index >= 15 is 0 Å². The van der Waals surface area contributed by atoms with Crippen molar-refractivity contribution in [1.29, 1.82) is 0 Å². The third kappa shape index (κ3) is 5.31. The third-order valence-corrected chi connectivity index (χ3v) is 12.2. The average molecular weight is 651 g/mol. The Bertz CT molecular complexity index is 2020. The molecule has 0 saturated carbocycles. The molecule has 12 heteroatoms. The first kappa shape index (κ1) is 31.1. The van der Waals surface area contributed by atoms with Crippen LogP contribution >= 0.6 is 0 Å². The number of hydrogen-bond acceptors (Lipinski definition) is 8. The van der Waals surface area contributed by atoms with Crippen LogP contribution in [0, 0.1) is 5.92 Å². The summed E-state index contributed by atoms with van der Waals surface area (Å²) in [6, 6.07) is 22.6. The van der Waals surface area contributed by atoms with E-state index in [9.17, 15) is 19.5 Å². The lowest BCUT2D eigenvalue weighted by molar-refractivity contribution is -0.146. The maximum Gasteiger partial charge on any atom is 0.279 e. The monoisotopic (exact) mass is 650 g/mol. The van der Waals surface area contributed by atoms with Crippen LogP contribution in [-0.2, 0) is 34.6 Å². The van der Waals surface area contributed by atoms with E-state index in [1.807, 2.05) is 92.9 Å². The number of anilines is 1. The molecule has 2 aromatic heterocycles. The van der Waals surface area contributed by atoms with Crippen molar-refractivity contribution in [1.82, 2.24) is 24.8 Å². The zero-order valence-electron chi connectivity index (χ0n) is 26.7. The molecule has 2 N–H and O–H groups in total. The van der Waals surface area contributed by atoms with Crippen LogP contribution in [-0.4, -0.2) is 61.6 Å². The molecule has 1 spiro atoms. The highest BCUT2D eigenvalue weighted by Gasteiger charge is 2.66. The van der Waals surface area contributed by atoms with Crippen molar-refractivity contribution in [2.24, 2.45) is 5.92 Å². The van der Waals surface area contributed by atoms with E-state index in [2.05, 4.69) is 15.4 Å². The molecule has 0 aliphatic carbocycles. The van der Waals surface area contributed by atoms with Crippen molar-refractivity contribution >= 4 is 30.7 Å². The molecule has 5 aromatic rings. The first-order valence-electron chi connectivity index (χ1n) is 16.0. The minimum Gasteiger partial charge on any atom is -0.432 e. The lowest BCUT2D eigenvalue weighted by Gasteiger charge is -2.32. The summed E-state index contributed by atoms with van der Waals surface area (Å²) in [6.07, 6.45) is 4.09. The number of aromatic nitrogens is 5. The molecule has 7 rings (SSSR count). The second-order valence-electron chi connectivity index (χ2n) is 13.1. The molecule has 242 valence electrons. The van der Waals surface area contributed by atoms with Gasteiger partial charge in [-0.25, -0.2) is 0 Å². The van der Waals surface area contributed by atoms with E-state index in [0.717, 1.165) is 22.2 Å². The number of carbonyl (C=O) groups is 1. The fourth-order valence-electron chi connectivity index (χ4n) is 7.64. The van der Waals surface area contributed by atoms with Crippen molar-refractivity contribution in [2.45, 2.75) is 63.2 Å². The number of ether oxygens (including phenoxy) is 1. The van der Waals surface area contributed by atoms with Gasteiger partial charge in [0.25, 0.3) is 11.5 Å². The Balaban J connectivity index is 1.20. The van der Waals surface area contributed by atoms with Gasteiger partial charge in [-0.3, -0.25) is 14.3 Å². The number of amides is 1.